The van der Waals surface area contributed by atoms with E-state index in [1.54, 1.807) is 27.8 Å². The van der Waals surface area contributed by atoms with Crippen LogP contribution in [0.4, 0.5) is 9.18 Å². The first-order valence-corrected chi connectivity index (χ1v) is 9.63. The molecule has 1 saturated carbocycles. The third kappa shape index (κ3) is 3.42. The van der Waals surface area contributed by atoms with Crippen LogP contribution in [0.2, 0.25) is 10.0 Å². The molecule has 1 fully saturated rings. The minimum Gasteiger partial charge on any atom is -0.365 e. The molecule has 1 aliphatic heterocycles. The molecule has 0 radical (unpaired) electrons. The van der Waals surface area contributed by atoms with Crippen LogP contribution in [0.5, 0.6) is 0 Å². The summed E-state index contributed by atoms with van der Waals surface area (Å²) in [7, 11) is 0. The van der Waals surface area contributed by atoms with Crippen LogP contribution in [0.1, 0.15) is 28.9 Å². The Labute approximate surface area is 170 Å². The third-order valence-electron chi connectivity index (χ3n) is 5.11. The number of nitrogens with two attached hydrogens (primary N) is 1. The zero-order chi connectivity index (χ0) is 20.0. The standard InChI is InChI=1S/C18H18Cl2FN5O2/c19-12-2-1-9(5-13(12)20)16-15(17(22)27)14-8-25(3-4-26(14)24-16)18(28)23-11-6-10(21)7-11/h1-2,5,10-11H,3-4,6-8H2,(H2,22,27)(H,23,28)/t10-,11+. The van der Waals surface area contributed by atoms with E-state index >= 15 is 0 Å². The summed E-state index contributed by atoms with van der Waals surface area (Å²) in [5.74, 6) is -0.635. The molecule has 10 heteroatoms. The number of carbonyl (C=O) groups is 2. The number of rotatable bonds is 3. The van der Waals surface area contributed by atoms with Gasteiger partial charge in [-0.05, 0) is 25.0 Å². The predicted molar refractivity (Wildman–Crippen MR) is 103 cm³/mol. The SMILES string of the molecule is NC(=O)c1c(-c2ccc(Cl)c(Cl)c2)nn2c1CN(C(=O)N[C@H]1C[C@@H](F)C1)CC2. The highest BCUT2D eigenvalue weighted by Crippen LogP contribution is 2.32. The first kappa shape index (κ1) is 19.0. The number of carbonyl (C=O) groups excluding carboxylic acids is 2. The number of hydrogen-bond donors (Lipinski definition) is 2. The lowest BCUT2D eigenvalue weighted by atomic mass is 9.91. The molecule has 1 aromatic heterocycles. The van der Waals surface area contributed by atoms with Crippen molar-refractivity contribution < 1.29 is 14.0 Å². The van der Waals surface area contributed by atoms with Crippen molar-refractivity contribution in [2.24, 2.45) is 5.73 Å². The van der Waals surface area contributed by atoms with Crippen molar-refractivity contribution in [1.82, 2.24) is 20.0 Å². The molecule has 3 amide bonds. The third-order valence-corrected chi connectivity index (χ3v) is 5.85. The molecule has 4 rings (SSSR count). The number of hydrogen-bond acceptors (Lipinski definition) is 3. The molecule has 28 heavy (non-hydrogen) atoms. The number of benzene rings is 1. The van der Waals surface area contributed by atoms with E-state index in [4.69, 9.17) is 28.9 Å². The Morgan fingerprint density at radius 2 is 1.96 bits per heavy atom. The molecule has 1 aromatic carbocycles. The molecule has 3 N–H and O–H groups in total. The lowest BCUT2D eigenvalue weighted by Gasteiger charge is -2.34. The van der Waals surface area contributed by atoms with Crippen LogP contribution in [0.3, 0.4) is 0 Å². The maximum absolute atomic E-state index is 13.0. The monoisotopic (exact) mass is 425 g/mol. The number of nitrogens with zero attached hydrogens (tertiary/aromatic N) is 3. The van der Waals surface area contributed by atoms with Gasteiger partial charge in [0.15, 0.2) is 0 Å². The molecule has 0 spiro atoms. The highest BCUT2D eigenvalue weighted by Gasteiger charge is 2.34. The summed E-state index contributed by atoms with van der Waals surface area (Å²) < 4.78 is 14.7. The second kappa shape index (κ2) is 7.25. The number of aromatic nitrogens is 2. The maximum atomic E-state index is 13.0. The Morgan fingerprint density at radius 1 is 1.21 bits per heavy atom. The van der Waals surface area contributed by atoms with Crippen LogP contribution in [0.25, 0.3) is 11.3 Å². The topological polar surface area (TPSA) is 93.2 Å². The molecule has 0 saturated heterocycles. The van der Waals surface area contributed by atoms with E-state index in [1.165, 1.54) is 0 Å². The highest BCUT2D eigenvalue weighted by atomic mass is 35.5. The van der Waals surface area contributed by atoms with Gasteiger partial charge in [-0.15, -0.1) is 0 Å². The van der Waals surface area contributed by atoms with Gasteiger partial charge in [0.25, 0.3) is 5.91 Å². The van der Waals surface area contributed by atoms with Crippen molar-refractivity contribution in [2.75, 3.05) is 6.54 Å². The summed E-state index contributed by atoms with van der Waals surface area (Å²) in [5.41, 5.74) is 7.46. The van der Waals surface area contributed by atoms with E-state index in [-0.39, 0.29) is 24.2 Å². The predicted octanol–water partition coefficient (Wildman–Crippen LogP) is 2.98. The van der Waals surface area contributed by atoms with Gasteiger partial charge in [-0.25, -0.2) is 9.18 Å². The Morgan fingerprint density at radius 3 is 2.61 bits per heavy atom. The molecule has 0 bridgehead atoms. The second-order valence-electron chi connectivity index (χ2n) is 7.02. The number of alkyl halides is 1. The van der Waals surface area contributed by atoms with Crippen LogP contribution in [-0.2, 0) is 13.1 Å². The van der Waals surface area contributed by atoms with Crippen molar-refractivity contribution in [3.05, 3.63) is 39.5 Å². The van der Waals surface area contributed by atoms with Gasteiger partial charge in [-0.2, -0.15) is 5.10 Å². The molecule has 1 aliphatic carbocycles. The van der Waals surface area contributed by atoms with E-state index in [9.17, 15) is 14.0 Å². The quantitative estimate of drug-likeness (QED) is 0.791. The van der Waals surface area contributed by atoms with Crippen LogP contribution in [-0.4, -0.2) is 45.4 Å². The fourth-order valence-electron chi connectivity index (χ4n) is 3.53. The van der Waals surface area contributed by atoms with Crippen molar-refractivity contribution >= 4 is 35.1 Å². The molecule has 2 aromatic rings. The number of halogens is 3. The molecule has 148 valence electrons. The van der Waals surface area contributed by atoms with Crippen LogP contribution < -0.4 is 11.1 Å². The highest BCUT2D eigenvalue weighted by molar-refractivity contribution is 6.42. The molecular formula is C18H18Cl2FN5O2. The Balaban J connectivity index is 1.62. The fraction of sp³-hybridized carbons (Fsp3) is 0.389. The van der Waals surface area contributed by atoms with Gasteiger partial charge in [-0.3, -0.25) is 9.48 Å². The van der Waals surface area contributed by atoms with Gasteiger partial charge >= 0.3 is 6.03 Å². The minimum atomic E-state index is -0.844. The zero-order valence-corrected chi connectivity index (χ0v) is 16.3. The summed E-state index contributed by atoms with van der Waals surface area (Å²) in [6.07, 6.45) is -0.167. The number of fused-ring (bicyclic) bond motifs is 1. The van der Waals surface area contributed by atoms with E-state index in [1.807, 2.05) is 0 Å². The van der Waals surface area contributed by atoms with Gasteiger partial charge < -0.3 is 16.0 Å². The van der Waals surface area contributed by atoms with Gasteiger partial charge in [0.1, 0.15) is 11.9 Å². The van der Waals surface area contributed by atoms with E-state index in [0.717, 1.165) is 0 Å². The van der Waals surface area contributed by atoms with Crippen LogP contribution >= 0.6 is 23.2 Å². The Kier molecular flexibility index (Phi) is 4.93. The van der Waals surface area contributed by atoms with E-state index in [0.29, 0.717) is 52.9 Å². The molecule has 7 nitrogen and oxygen atoms in total. The maximum Gasteiger partial charge on any atom is 0.318 e. The number of amides is 3. The van der Waals surface area contributed by atoms with Gasteiger partial charge in [-0.1, -0.05) is 29.3 Å². The van der Waals surface area contributed by atoms with E-state index < -0.39 is 12.1 Å². The van der Waals surface area contributed by atoms with Crippen molar-refractivity contribution in [3.8, 4) is 11.3 Å². The second-order valence-corrected chi connectivity index (χ2v) is 7.84. The summed E-state index contributed by atoms with van der Waals surface area (Å²) >= 11 is 12.1. The number of nitrogens with one attached hydrogen (secondary N) is 1. The minimum absolute atomic E-state index is 0.142. The normalized spacial score (nSPS) is 21.0. The number of primary amides is 1. The molecule has 0 unspecified atom stereocenters. The van der Waals surface area contributed by atoms with Crippen molar-refractivity contribution in [1.29, 1.82) is 0 Å². The first-order valence-electron chi connectivity index (χ1n) is 8.88. The lowest BCUT2D eigenvalue weighted by molar-refractivity contribution is 0.0996. The van der Waals surface area contributed by atoms with Crippen molar-refractivity contribution in [3.63, 3.8) is 0 Å². The van der Waals surface area contributed by atoms with Gasteiger partial charge in [0.05, 0.1) is 34.4 Å². The largest absolute Gasteiger partial charge is 0.365 e. The number of urea groups is 1. The smallest absolute Gasteiger partial charge is 0.318 e. The van der Waals surface area contributed by atoms with Crippen LogP contribution in [0, 0.1) is 0 Å². The van der Waals surface area contributed by atoms with Crippen molar-refractivity contribution in [2.45, 2.75) is 38.1 Å². The lowest BCUT2D eigenvalue weighted by Crippen LogP contribution is -2.52. The average molecular weight is 426 g/mol. The zero-order valence-electron chi connectivity index (χ0n) is 14.8. The molecular weight excluding hydrogens is 408 g/mol. The van der Waals surface area contributed by atoms with Gasteiger partial charge in [0, 0.05) is 18.2 Å². The van der Waals surface area contributed by atoms with Crippen LogP contribution in [0.15, 0.2) is 18.2 Å². The summed E-state index contributed by atoms with van der Waals surface area (Å²) in [4.78, 5) is 26.2. The fourth-order valence-corrected chi connectivity index (χ4v) is 3.83. The Hall–Kier alpha value is -2.32. The summed E-state index contributed by atoms with van der Waals surface area (Å²) in [6, 6.07) is 4.54. The molecule has 2 heterocycles. The first-order chi connectivity index (χ1) is 13.3. The van der Waals surface area contributed by atoms with Gasteiger partial charge in [0.2, 0.25) is 0 Å². The Bertz CT molecular complexity index is 958. The molecule has 2 aliphatic rings. The molecule has 0 atom stereocenters. The van der Waals surface area contributed by atoms with E-state index in [2.05, 4.69) is 10.4 Å². The summed E-state index contributed by atoms with van der Waals surface area (Å²) in [6.45, 7) is 1.02. The summed E-state index contributed by atoms with van der Waals surface area (Å²) in [5, 5.41) is 8.06. The average Bonchev–Trinajstić information content (AvgIpc) is 3.01.